The predicted molar refractivity (Wildman–Crippen MR) is 124 cm³/mol. The summed E-state index contributed by atoms with van der Waals surface area (Å²) in [6, 6.07) is 9.10. The van der Waals surface area contributed by atoms with Crippen molar-refractivity contribution < 1.29 is 33.4 Å². The Labute approximate surface area is 205 Å². The van der Waals surface area contributed by atoms with E-state index in [1.165, 1.54) is 24.5 Å². The molecule has 0 spiro atoms. The van der Waals surface area contributed by atoms with E-state index in [1.807, 2.05) is 0 Å². The molecule has 3 N–H and O–H groups in total. The first kappa shape index (κ1) is 26.4. The third-order valence-electron chi connectivity index (χ3n) is 5.61. The van der Waals surface area contributed by atoms with Gasteiger partial charge in [-0.3, -0.25) is 14.5 Å². The molecule has 2 aromatic carbocycles. The van der Waals surface area contributed by atoms with Gasteiger partial charge in [0, 0.05) is 19.1 Å². The molecule has 36 heavy (non-hydrogen) atoms. The molecule has 1 atom stereocenters. The Bertz CT molecular complexity index is 1300. The van der Waals surface area contributed by atoms with Gasteiger partial charge in [0.1, 0.15) is 12.0 Å². The van der Waals surface area contributed by atoms with Crippen molar-refractivity contribution in [2.45, 2.75) is 33.0 Å². The lowest BCUT2D eigenvalue weighted by Crippen LogP contribution is -2.32. The summed E-state index contributed by atoms with van der Waals surface area (Å²) >= 11 is 0. The van der Waals surface area contributed by atoms with Gasteiger partial charge in [-0.1, -0.05) is 18.2 Å². The Morgan fingerprint density at radius 1 is 1.03 bits per heavy atom. The van der Waals surface area contributed by atoms with Crippen LogP contribution in [0.25, 0.3) is 0 Å². The quantitative estimate of drug-likeness (QED) is 0.388. The fourth-order valence-electron chi connectivity index (χ4n) is 3.64. The van der Waals surface area contributed by atoms with Crippen LogP contribution >= 0.6 is 0 Å². The number of carbonyl (C=O) groups excluding carboxylic acids is 1. The highest BCUT2D eigenvalue weighted by atomic mass is 19.2. The number of aliphatic carboxylic acids is 1. The fourth-order valence-corrected chi connectivity index (χ4v) is 3.64. The number of aromatic carboxylic acids is 1. The van der Waals surface area contributed by atoms with E-state index in [4.69, 9.17) is 0 Å². The summed E-state index contributed by atoms with van der Waals surface area (Å²) < 4.78 is 26.5. The van der Waals surface area contributed by atoms with Crippen LogP contribution in [0.5, 0.6) is 0 Å². The Balaban J connectivity index is 1.75. The smallest absolute Gasteiger partial charge is 0.335 e. The second-order valence-electron chi connectivity index (χ2n) is 8.18. The van der Waals surface area contributed by atoms with Gasteiger partial charge in [-0.15, -0.1) is 0 Å². The van der Waals surface area contributed by atoms with Crippen LogP contribution in [0, 0.1) is 18.6 Å². The molecule has 1 aromatic heterocycles. The largest absolute Gasteiger partial charge is 0.480 e. The number of amides is 1. The molecule has 0 aliphatic heterocycles. The number of benzene rings is 2. The summed E-state index contributed by atoms with van der Waals surface area (Å²) in [6.07, 6.45) is 1.18. The van der Waals surface area contributed by atoms with Crippen molar-refractivity contribution in [3.8, 4) is 0 Å². The minimum Gasteiger partial charge on any atom is -0.480 e. The van der Waals surface area contributed by atoms with Crippen molar-refractivity contribution in [2.24, 2.45) is 0 Å². The molecule has 0 saturated heterocycles. The van der Waals surface area contributed by atoms with Crippen LogP contribution in [0.4, 0.5) is 8.78 Å². The van der Waals surface area contributed by atoms with Gasteiger partial charge in [0.05, 0.1) is 17.8 Å². The molecule has 3 rings (SSSR count). The topological polar surface area (TPSA) is 133 Å². The number of nitrogens with one attached hydrogen (secondary N) is 1. The number of halogens is 2. The van der Waals surface area contributed by atoms with Gasteiger partial charge in [0.15, 0.2) is 11.6 Å². The van der Waals surface area contributed by atoms with Crippen molar-refractivity contribution in [3.63, 3.8) is 0 Å². The number of nitrogens with zero attached hydrogens (tertiary/aromatic N) is 3. The summed E-state index contributed by atoms with van der Waals surface area (Å²) in [5.41, 5.74) is 2.19. The minimum absolute atomic E-state index is 0.0205. The highest BCUT2D eigenvalue weighted by Gasteiger charge is 2.21. The molecule has 0 bridgehead atoms. The first-order chi connectivity index (χ1) is 17.0. The summed E-state index contributed by atoms with van der Waals surface area (Å²) in [6.45, 7) is 3.14. The molecule has 1 heterocycles. The van der Waals surface area contributed by atoms with E-state index in [1.54, 1.807) is 30.9 Å². The van der Waals surface area contributed by atoms with Gasteiger partial charge in [0.2, 0.25) is 0 Å². The summed E-state index contributed by atoms with van der Waals surface area (Å²) in [5.74, 6) is -4.70. The number of carbonyl (C=O) groups is 3. The zero-order valence-corrected chi connectivity index (χ0v) is 19.5. The van der Waals surface area contributed by atoms with Crippen molar-refractivity contribution in [1.82, 2.24) is 20.2 Å². The first-order valence-electron chi connectivity index (χ1n) is 10.9. The molecule has 0 unspecified atom stereocenters. The highest BCUT2D eigenvalue weighted by Crippen LogP contribution is 2.24. The average molecular weight is 498 g/mol. The number of carboxylic acids is 2. The van der Waals surface area contributed by atoms with Gasteiger partial charge >= 0.3 is 11.9 Å². The molecule has 0 fully saturated rings. The van der Waals surface area contributed by atoms with Crippen LogP contribution in [0.2, 0.25) is 0 Å². The maximum atomic E-state index is 13.4. The molecule has 11 heteroatoms. The lowest BCUT2D eigenvalue weighted by atomic mass is 10.00. The number of aryl methyl sites for hydroxylation is 1. The van der Waals surface area contributed by atoms with Gasteiger partial charge in [0.25, 0.3) is 5.91 Å². The predicted octanol–water partition coefficient (Wildman–Crippen LogP) is 3.34. The van der Waals surface area contributed by atoms with Gasteiger partial charge in [-0.05, 0) is 54.8 Å². The summed E-state index contributed by atoms with van der Waals surface area (Å²) in [5, 5.41) is 21.2. The SMILES string of the molecule is Cc1cc([C@H](C)N(CC(=O)O)Cc2cc(C(=O)NCc3ccc(F)c(F)c3)ncn2)ccc1C(=O)O. The monoisotopic (exact) mass is 498 g/mol. The number of rotatable bonds is 10. The fraction of sp³-hybridized carbons (Fsp3) is 0.240. The molecule has 9 nitrogen and oxygen atoms in total. The summed E-state index contributed by atoms with van der Waals surface area (Å²) in [7, 11) is 0. The third kappa shape index (κ3) is 6.66. The Hall–Kier alpha value is -4.25. The van der Waals surface area contributed by atoms with Crippen molar-refractivity contribution >= 4 is 17.8 Å². The summed E-state index contributed by atoms with van der Waals surface area (Å²) in [4.78, 5) is 45.1. The van der Waals surface area contributed by atoms with Crippen LogP contribution in [-0.4, -0.2) is 49.5 Å². The second kappa shape index (κ2) is 11.5. The molecular weight excluding hydrogens is 474 g/mol. The lowest BCUT2D eigenvalue weighted by molar-refractivity contribution is -0.139. The number of hydrogen-bond donors (Lipinski definition) is 3. The Kier molecular flexibility index (Phi) is 8.38. The van der Waals surface area contributed by atoms with Gasteiger partial charge in [-0.2, -0.15) is 0 Å². The van der Waals surface area contributed by atoms with Crippen molar-refractivity contribution in [3.05, 3.63) is 94.1 Å². The first-order valence-corrected chi connectivity index (χ1v) is 10.9. The van der Waals surface area contributed by atoms with Crippen LogP contribution in [0.15, 0.2) is 48.8 Å². The van der Waals surface area contributed by atoms with E-state index in [-0.39, 0.29) is 30.9 Å². The Morgan fingerprint density at radius 2 is 1.78 bits per heavy atom. The average Bonchev–Trinajstić information content (AvgIpc) is 2.83. The maximum Gasteiger partial charge on any atom is 0.335 e. The zero-order chi connectivity index (χ0) is 26.4. The van der Waals surface area contributed by atoms with E-state index in [0.717, 1.165) is 17.7 Å². The van der Waals surface area contributed by atoms with E-state index in [0.29, 0.717) is 16.8 Å². The van der Waals surface area contributed by atoms with Crippen molar-refractivity contribution in [2.75, 3.05) is 6.54 Å². The van der Waals surface area contributed by atoms with Crippen LogP contribution in [0.1, 0.15) is 56.2 Å². The number of carboxylic acid groups (broad SMARTS) is 2. The second-order valence-corrected chi connectivity index (χ2v) is 8.18. The van der Waals surface area contributed by atoms with Crippen LogP contribution < -0.4 is 5.32 Å². The number of hydrogen-bond acceptors (Lipinski definition) is 6. The van der Waals surface area contributed by atoms with E-state index >= 15 is 0 Å². The van der Waals surface area contributed by atoms with Crippen molar-refractivity contribution in [1.29, 1.82) is 0 Å². The number of aromatic nitrogens is 2. The molecule has 0 radical (unpaired) electrons. The lowest BCUT2D eigenvalue weighted by Gasteiger charge is -2.28. The van der Waals surface area contributed by atoms with Gasteiger partial charge < -0.3 is 15.5 Å². The molecule has 0 saturated carbocycles. The normalized spacial score (nSPS) is 11.8. The maximum absolute atomic E-state index is 13.4. The minimum atomic E-state index is -1.07. The van der Waals surface area contributed by atoms with Crippen LogP contribution in [-0.2, 0) is 17.9 Å². The molecule has 188 valence electrons. The van der Waals surface area contributed by atoms with E-state index < -0.39 is 35.5 Å². The molecule has 0 aliphatic rings. The molecular formula is C25H24F2N4O5. The van der Waals surface area contributed by atoms with Crippen LogP contribution in [0.3, 0.4) is 0 Å². The Morgan fingerprint density at radius 3 is 2.42 bits per heavy atom. The molecule has 1 amide bonds. The van der Waals surface area contributed by atoms with E-state index in [9.17, 15) is 33.4 Å². The van der Waals surface area contributed by atoms with E-state index in [2.05, 4.69) is 15.3 Å². The molecule has 3 aromatic rings. The highest BCUT2D eigenvalue weighted by molar-refractivity contribution is 5.92. The third-order valence-corrected chi connectivity index (χ3v) is 5.61. The zero-order valence-electron chi connectivity index (χ0n) is 19.5. The molecule has 0 aliphatic carbocycles. The van der Waals surface area contributed by atoms with Gasteiger partial charge in [-0.25, -0.2) is 23.5 Å². The standard InChI is InChI=1S/C25H24F2N4O5/c1-14-7-17(4-5-19(14)25(35)36)15(2)31(12-23(32)33)11-18-9-22(30-13-29-18)24(34)28-10-16-3-6-20(26)21(27)8-16/h3-9,13,15H,10-12H2,1-2H3,(H,28,34)(H,32,33)(H,35,36)/t15-/m0/s1.